The van der Waals surface area contributed by atoms with Gasteiger partial charge in [-0.3, -0.25) is 14.5 Å². The summed E-state index contributed by atoms with van der Waals surface area (Å²) in [6.45, 7) is 7.09. The summed E-state index contributed by atoms with van der Waals surface area (Å²) in [6, 6.07) is 16.2. The van der Waals surface area contributed by atoms with Gasteiger partial charge < -0.3 is 19.3 Å². The molecule has 2 aromatic carbocycles. The van der Waals surface area contributed by atoms with Crippen molar-refractivity contribution in [2.45, 2.75) is 32.4 Å². The van der Waals surface area contributed by atoms with Crippen LogP contribution in [0.15, 0.2) is 53.9 Å². The molecule has 0 unspecified atom stereocenters. The van der Waals surface area contributed by atoms with Gasteiger partial charge in [0.05, 0.1) is 12.6 Å². The molecule has 3 aliphatic heterocycles. The first-order valence-corrected chi connectivity index (χ1v) is 13.7. The lowest BCUT2D eigenvalue weighted by Gasteiger charge is -2.42. The minimum atomic E-state index is -0.0756. The van der Waals surface area contributed by atoms with Gasteiger partial charge in [0.25, 0.3) is 5.91 Å². The van der Waals surface area contributed by atoms with E-state index in [1.165, 1.54) is 21.6 Å². The van der Waals surface area contributed by atoms with Gasteiger partial charge in [-0.15, -0.1) is 11.3 Å². The number of hydrogen-bond acceptors (Lipinski definition) is 6. The summed E-state index contributed by atoms with van der Waals surface area (Å²) in [4.78, 5) is 34.3. The molecule has 0 radical (unpaired) electrons. The summed E-state index contributed by atoms with van der Waals surface area (Å²) in [5, 5.41) is 2.16. The molecule has 1 fully saturated rings. The molecule has 1 saturated heterocycles. The van der Waals surface area contributed by atoms with Crippen LogP contribution in [0.25, 0.3) is 0 Å². The molecule has 3 aromatic rings. The van der Waals surface area contributed by atoms with Gasteiger partial charge in [-0.2, -0.15) is 0 Å². The molecule has 0 bridgehead atoms. The Kier molecular flexibility index (Phi) is 6.38. The van der Waals surface area contributed by atoms with Crippen LogP contribution in [0.4, 0.5) is 0 Å². The van der Waals surface area contributed by atoms with Crippen LogP contribution in [0.1, 0.15) is 44.9 Å². The molecular weight excluding hydrogens is 486 g/mol. The highest BCUT2D eigenvalue weighted by Crippen LogP contribution is 2.38. The largest absolute Gasteiger partial charge is 0.454 e. The molecule has 37 heavy (non-hydrogen) atoms. The van der Waals surface area contributed by atoms with Gasteiger partial charge in [-0.25, -0.2) is 0 Å². The number of amides is 2. The van der Waals surface area contributed by atoms with Gasteiger partial charge in [-0.05, 0) is 61.0 Å². The quantitative estimate of drug-likeness (QED) is 0.521. The summed E-state index contributed by atoms with van der Waals surface area (Å²) in [5.74, 6) is 1.35. The molecule has 2 atom stereocenters. The van der Waals surface area contributed by atoms with Crippen LogP contribution in [0.5, 0.6) is 11.5 Å². The van der Waals surface area contributed by atoms with Crippen LogP contribution in [0.2, 0.25) is 0 Å². The molecule has 6 rings (SSSR count). The molecular formula is C29H31N3O4S. The number of fused-ring (bicyclic) bond motifs is 2. The number of rotatable bonds is 4. The maximum Gasteiger partial charge on any atom is 0.254 e. The van der Waals surface area contributed by atoms with E-state index in [4.69, 9.17) is 9.47 Å². The second-order valence-electron chi connectivity index (χ2n) is 10.1. The zero-order chi connectivity index (χ0) is 25.5. The van der Waals surface area contributed by atoms with Crippen LogP contribution >= 0.6 is 11.3 Å². The molecule has 3 aliphatic rings. The predicted molar refractivity (Wildman–Crippen MR) is 142 cm³/mol. The second-order valence-corrected chi connectivity index (χ2v) is 11.1. The van der Waals surface area contributed by atoms with Crippen molar-refractivity contribution in [3.05, 3.63) is 81.0 Å². The van der Waals surface area contributed by atoms with Crippen LogP contribution < -0.4 is 9.47 Å². The van der Waals surface area contributed by atoms with E-state index >= 15 is 0 Å². The SMILES string of the molecule is Cc1ccc([C@@H]2c3ccsc3CCN2CC(=O)N2CCN(C(=O)c3ccc4c(c3)OCO4)[C@@H](C)C2)cc1. The Morgan fingerprint density at radius 2 is 1.81 bits per heavy atom. The Bertz CT molecular complexity index is 1320. The van der Waals surface area contributed by atoms with Gasteiger partial charge in [0.2, 0.25) is 12.7 Å². The maximum atomic E-state index is 13.5. The second kappa shape index (κ2) is 9.84. The fourth-order valence-electron chi connectivity index (χ4n) is 5.63. The van der Waals surface area contributed by atoms with Crippen molar-refractivity contribution < 1.29 is 19.1 Å². The fraction of sp³-hybridized carbons (Fsp3) is 0.379. The Labute approximate surface area is 221 Å². The Hall–Kier alpha value is -3.36. The molecule has 0 spiro atoms. The summed E-state index contributed by atoms with van der Waals surface area (Å²) >= 11 is 1.81. The summed E-state index contributed by atoms with van der Waals surface area (Å²) in [6.07, 6.45) is 0.969. The number of nitrogens with zero attached hydrogens (tertiary/aromatic N) is 3. The summed E-state index contributed by atoms with van der Waals surface area (Å²) < 4.78 is 10.8. The smallest absolute Gasteiger partial charge is 0.254 e. The third-order valence-electron chi connectivity index (χ3n) is 7.66. The first-order valence-electron chi connectivity index (χ1n) is 12.8. The van der Waals surface area contributed by atoms with E-state index in [0.29, 0.717) is 43.2 Å². The molecule has 2 amide bonds. The van der Waals surface area contributed by atoms with E-state index < -0.39 is 0 Å². The number of carbonyl (C=O) groups excluding carboxylic acids is 2. The lowest BCUT2D eigenvalue weighted by molar-refractivity contribution is -0.135. The van der Waals surface area contributed by atoms with Gasteiger partial charge in [0.1, 0.15) is 0 Å². The highest BCUT2D eigenvalue weighted by atomic mass is 32.1. The molecule has 0 N–H and O–H groups in total. The van der Waals surface area contributed by atoms with Gasteiger partial charge in [0, 0.05) is 42.7 Å². The zero-order valence-corrected chi connectivity index (χ0v) is 22.0. The third kappa shape index (κ3) is 4.60. The highest BCUT2D eigenvalue weighted by molar-refractivity contribution is 7.10. The monoisotopic (exact) mass is 517 g/mol. The normalized spacial score (nSPS) is 21.1. The van der Waals surface area contributed by atoms with Gasteiger partial charge in [-0.1, -0.05) is 29.8 Å². The fourth-order valence-corrected chi connectivity index (χ4v) is 6.54. The van der Waals surface area contributed by atoms with Crippen LogP contribution in [-0.4, -0.2) is 72.1 Å². The van der Waals surface area contributed by atoms with Crippen molar-refractivity contribution in [1.82, 2.24) is 14.7 Å². The van der Waals surface area contributed by atoms with E-state index in [2.05, 4.69) is 47.5 Å². The minimum Gasteiger partial charge on any atom is -0.454 e. The minimum absolute atomic E-state index is 0.0432. The van der Waals surface area contributed by atoms with Gasteiger partial charge in [0.15, 0.2) is 11.5 Å². The maximum absolute atomic E-state index is 13.5. The topological polar surface area (TPSA) is 62.3 Å². The average Bonchev–Trinajstić information content (AvgIpc) is 3.58. The first kappa shape index (κ1) is 24.0. The Balaban J connectivity index is 1.13. The van der Waals surface area contributed by atoms with Crippen molar-refractivity contribution in [1.29, 1.82) is 0 Å². The van der Waals surface area contributed by atoms with Crippen LogP contribution in [-0.2, 0) is 11.2 Å². The van der Waals surface area contributed by atoms with E-state index in [1.54, 1.807) is 18.2 Å². The summed E-state index contributed by atoms with van der Waals surface area (Å²) in [7, 11) is 0. The number of aryl methyl sites for hydroxylation is 1. The number of benzene rings is 2. The zero-order valence-electron chi connectivity index (χ0n) is 21.2. The van der Waals surface area contributed by atoms with E-state index in [-0.39, 0.29) is 30.7 Å². The number of hydrogen-bond donors (Lipinski definition) is 0. The Morgan fingerprint density at radius 1 is 1.00 bits per heavy atom. The van der Waals surface area contributed by atoms with Crippen LogP contribution in [0.3, 0.4) is 0 Å². The molecule has 0 saturated carbocycles. The number of thiophene rings is 1. The van der Waals surface area contributed by atoms with Crippen molar-refractivity contribution in [3.63, 3.8) is 0 Å². The predicted octanol–water partition coefficient (Wildman–Crippen LogP) is 4.11. The van der Waals surface area contributed by atoms with E-state index in [0.717, 1.165) is 13.0 Å². The van der Waals surface area contributed by atoms with E-state index in [9.17, 15) is 9.59 Å². The lowest BCUT2D eigenvalue weighted by Crippen LogP contribution is -2.57. The number of carbonyl (C=O) groups is 2. The molecule has 4 heterocycles. The van der Waals surface area contributed by atoms with Crippen molar-refractivity contribution >= 4 is 23.2 Å². The van der Waals surface area contributed by atoms with Gasteiger partial charge >= 0.3 is 0 Å². The standard InChI is InChI=1S/C29H31N3O4S/c1-19-3-5-21(6-4-19)28-23-10-14-37-26(23)9-11-31(28)17-27(33)30-12-13-32(20(2)16-30)29(34)22-7-8-24-25(15-22)36-18-35-24/h3-8,10,14-15,20,28H,9,11-13,16-18H2,1-2H3/t20-,28+/m0/s1. The highest BCUT2D eigenvalue weighted by Gasteiger charge is 2.35. The average molecular weight is 518 g/mol. The third-order valence-corrected chi connectivity index (χ3v) is 8.65. The van der Waals surface area contributed by atoms with Crippen molar-refractivity contribution in [3.8, 4) is 11.5 Å². The number of ether oxygens (including phenoxy) is 2. The molecule has 192 valence electrons. The number of piperazine rings is 1. The molecule has 7 nitrogen and oxygen atoms in total. The molecule has 1 aromatic heterocycles. The molecule has 8 heteroatoms. The summed E-state index contributed by atoms with van der Waals surface area (Å²) in [5.41, 5.74) is 4.36. The lowest BCUT2D eigenvalue weighted by atomic mass is 9.92. The molecule has 0 aliphatic carbocycles. The van der Waals surface area contributed by atoms with Crippen molar-refractivity contribution in [2.24, 2.45) is 0 Å². The van der Waals surface area contributed by atoms with Crippen LogP contribution in [0, 0.1) is 6.92 Å². The Morgan fingerprint density at radius 3 is 2.62 bits per heavy atom. The van der Waals surface area contributed by atoms with E-state index in [1.807, 2.05) is 28.1 Å². The van der Waals surface area contributed by atoms with Crippen molar-refractivity contribution in [2.75, 3.05) is 39.5 Å². The first-order chi connectivity index (χ1) is 18.0.